The second-order valence-electron chi connectivity index (χ2n) is 5.23. The molecule has 6 nitrogen and oxygen atoms in total. The van der Waals surface area contributed by atoms with Crippen molar-refractivity contribution in [2.45, 2.75) is 19.1 Å². The van der Waals surface area contributed by atoms with Gasteiger partial charge in [-0.1, -0.05) is 11.6 Å². The fourth-order valence-corrected chi connectivity index (χ4v) is 2.54. The summed E-state index contributed by atoms with van der Waals surface area (Å²) in [7, 11) is 0. The van der Waals surface area contributed by atoms with E-state index in [9.17, 15) is 14.7 Å². The fraction of sp³-hybridized carbons (Fsp3) is 0.235. The molecule has 1 aliphatic rings. The van der Waals surface area contributed by atoms with E-state index in [0.717, 1.165) is 0 Å². The van der Waals surface area contributed by atoms with Gasteiger partial charge in [0, 0.05) is 24.6 Å². The number of carbonyl (C=O) groups excluding carboxylic acids is 2. The first-order valence-corrected chi connectivity index (χ1v) is 7.71. The third kappa shape index (κ3) is 3.55. The van der Waals surface area contributed by atoms with E-state index in [1.807, 2.05) is 0 Å². The van der Waals surface area contributed by atoms with Crippen molar-refractivity contribution in [1.29, 1.82) is 0 Å². The number of nitrogens with zero attached hydrogens (tertiary/aromatic N) is 1. The molecule has 24 heavy (non-hydrogen) atoms. The third-order valence-electron chi connectivity index (χ3n) is 3.51. The van der Waals surface area contributed by atoms with Gasteiger partial charge in [-0.2, -0.15) is 0 Å². The van der Waals surface area contributed by atoms with E-state index in [1.165, 1.54) is 6.20 Å². The minimum absolute atomic E-state index is 0.00130. The minimum Gasteiger partial charge on any atom is -0.483 e. The van der Waals surface area contributed by atoms with Gasteiger partial charge in [-0.25, -0.2) is 0 Å². The SMILES string of the molecule is O=C(CCC(=O)c1ncccc1Cl)c1ccc2c(c1)OCC(O)O2. The molecule has 0 saturated carbocycles. The number of aromatic nitrogens is 1. The molecule has 0 fully saturated rings. The Morgan fingerprint density at radius 3 is 2.79 bits per heavy atom. The number of ether oxygens (including phenoxy) is 2. The van der Waals surface area contributed by atoms with Crippen LogP contribution >= 0.6 is 11.6 Å². The molecule has 1 aromatic heterocycles. The van der Waals surface area contributed by atoms with Gasteiger partial charge in [-0.15, -0.1) is 0 Å². The Bertz CT molecular complexity index is 792. The van der Waals surface area contributed by atoms with Gasteiger partial charge < -0.3 is 14.6 Å². The zero-order chi connectivity index (χ0) is 17.1. The van der Waals surface area contributed by atoms with Crippen LogP contribution in [0.25, 0.3) is 0 Å². The van der Waals surface area contributed by atoms with Crippen molar-refractivity contribution in [3.63, 3.8) is 0 Å². The Morgan fingerprint density at radius 2 is 2.00 bits per heavy atom. The molecule has 3 rings (SSSR count). The summed E-state index contributed by atoms with van der Waals surface area (Å²) < 4.78 is 10.5. The highest BCUT2D eigenvalue weighted by atomic mass is 35.5. The molecular weight excluding hydrogens is 334 g/mol. The highest BCUT2D eigenvalue weighted by Gasteiger charge is 2.21. The summed E-state index contributed by atoms with van der Waals surface area (Å²) in [5.74, 6) is 0.287. The first kappa shape index (κ1) is 16.4. The topological polar surface area (TPSA) is 85.7 Å². The molecule has 7 heteroatoms. The quantitative estimate of drug-likeness (QED) is 0.837. The Balaban J connectivity index is 1.65. The van der Waals surface area contributed by atoms with Gasteiger partial charge in [-0.05, 0) is 30.3 Å². The van der Waals surface area contributed by atoms with Gasteiger partial charge in [0.2, 0.25) is 6.29 Å². The van der Waals surface area contributed by atoms with Crippen molar-refractivity contribution in [2.75, 3.05) is 6.61 Å². The normalized spacial score (nSPS) is 15.8. The zero-order valence-electron chi connectivity index (χ0n) is 12.6. The second kappa shape index (κ2) is 6.98. The second-order valence-corrected chi connectivity index (χ2v) is 5.63. The maximum absolute atomic E-state index is 12.3. The molecule has 0 radical (unpaired) electrons. The van der Waals surface area contributed by atoms with Gasteiger partial charge in [0.1, 0.15) is 5.69 Å². The molecule has 124 valence electrons. The van der Waals surface area contributed by atoms with Crippen molar-refractivity contribution < 1.29 is 24.2 Å². The highest BCUT2D eigenvalue weighted by Crippen LogP contribution is 2.32. The molecular formula is C17H14ClNO5. The van der Waals surface area contributed by atoms with Gasteiger partial charge in [0.15, 0.2) is 29.7 Å². The number of benzene rings is 1. The molecule has 0 amide bonds. The van der Waals surface area contributed by atoms with Crippen molar-refractivity contribution in [3.05, 3.63) is 52.8 Å². The predicted octanol–water partition coefficient (Wildman–Crippen LogP) is 2.67. The van der Waals surface area contributed by atoms with E-state index in [-0.39, 0.29) is 41.7 Å². The van der Waals surface area contributed by atoms with E-state index >= 15 is 0 Å². The Labute approximate surface area is 143 Å². The summed E-state index contributed by atoms with van der Waals surface area (Å²) in [5, 5.41) is 9.61. The Hall–Kier alpha value is -2.44. The summed E-state index contributed by atoms with van der Waals surface area (Å²) in [6, 6.07) is 7.89. The van der Waals surface area contributed by atoms with Crippen LogP contribution in [-0.2, 0) is 0 Å². The average Bonchev–Trinajstić information content (AvgIpc) is 2.59. The van der Waals surface area contributed by atoms with Crippen LogP contribution in [0, 0.1) is 0 Å². The largest absolute Gasteiger partial charge is 0.483 e. The maximum atomic E-state index is 12.3. The summed E-state index contributed by atoms with van der Waals surface area (Å²) in [5.41, 5.74) is 0.580. The summed E-state index contributed by atoms with van der Waals surface area (Å²) >= 11 is 5.92. The lowest BCUT2D eigenvalue weighted by Gasteiger charge is -2.22. The minimum atomic E-state index is -1.01. The van der Waals surface area contributed by atoms with Crippen LogP contribution in [-0.4, -0.2) is 34.6 Å². The Kier molecular flexibility index (Phi) is 4.78. The molecule has 2 heterocycles. The first-order chi connectivity index (χ1) is 11.5. The van der Waals surface area contributed by atoms with Crippen LogP contribution in [0.5, 0.6) is 11.5 Å². The smallest absolute Gasteiger partial charge is 0.232 e. The van der Waals surface area contributed by atoms with Crippen molar-refractivity contribution in [2.24, 2.45) is 0 Å². The molecule has 1 atom stereocenters. The molecule has 0 saturated heterocycles. The lowest BCUT2D eigenvalue weighted by atomic mass is 10.0. The van der Waals surface area contributed by atoms with E-state index in [0.29, 0.717) is 17.1 Å². The number of halogens is 1. The van der Waals surface area contributed by atoms with Gasteiger partial charge in [0.25, 0.3) is 0 Å². The lowest BCUT2D eigenvalue weighted by molar-refractivity contribution is -0.0670. The number of hydrogen-bond donors (Lipinski definition) is 1. The number of hydrogen-bond acceptors (Lipinski definition) is 6. The number of Topliss-reactive ketones (excluding diaryl/α,β-unsaturated/α-hetero) is 2. The maximum Gasteiger partial charge on any atom is 0.232 e. The molecule has 1 aromatic carbocycles. The van der Waals surface area contributed by atoms with Crippen molar-refractivity contribution >= 4 is 23.2 Å². The van der Waals surface area contributed by atoms with E-state index in [4.69, 9.17) is 21.1 Å². The van der Waals surface area contributed by atoms with Crippen LogP contribution in [0.2, 0.25) is 5.02 Å². The van der Waals surface area contributed by atoms with Gasteiger partial charge >= 0.3 is 0 Å². The predicted molar refractivity (Wildman–Crippen MR) is 85.7 cm³/mol. The van der Waals surface area contributed by atoms with E-state index in [1.54, 1.807) is 30.3 Å². The summed E-state index contributed by atoms with van der Waals surface area (Å²) in [6.07, 6.45) is 0.521. The van der Waals surface area contributed by atoms with Gasteiger partial charge in [0.05, 0.1) is 5.02 Å². The molecule has 1 N–H and O–H groups in total. The first-order valence-electron chi connectivity index (χ1n) is 7.33. The number of pyridine rings is 1. The van der Waals surface area contributed by atoms with Gasteiger partial charge in [-0.3, -0.25) is 14.6 Å². The van der Waals surface area contributed by atoms with Crippen LogP contribution in [0.4, 0.5) is 0 Å². The molecule has 0 aliphatic carbocycles. The molecule has 0 spiro atoms. The number of aliphatic hydroxyl groups excluding tert-OH is 1. The third-order valence-corrected chi connectivity index (χ3v) is 3.82. The van der Waals surface area contributed by atoms with Crippen LogP contribution < -0.4 is 9.47 Å². The number of ketones is 2. The van der Waals surface area contributed by atoms with Crippen LogP contribution in [0.1, 0.15) is 33.7 Å². The zero-order valence-corrected chi connectivity index (χ0v) is 13.3. The molecule has 1 aliphatic heterocycles. The van der Waals surface area contributed by atoms with Crippen molar-refractivity contribution in [3.8, 4) is 11.5 Å². The van der Waals surface area contributed by atoms with Crippen LogP contribution in [0.15, 0.2) is 36.5 Å². The highest BCUT2D eigenvalue weighted by molar-refractivity contribution is 6.33. The average molecular weight is 348 g/mol. The standard InChI is InChI=1S/C17H14ClNO5/c18-11-2-1-7-19-17(11)13(21)5-4-12(20)10-3-6-14-15(8-10)23-9-16(22)24-14/h1-3,6-8,16,22H,4-5,9H2. The summed E-state index contributed by atoms with van der Waals surface area (Å²) in [6.45, 7) is 0.00130. The lowest BCUT2D eigenvalue weighted by Crippen LogP contribution is -2.28. The van der Waals surface area contributed by atoms with Crippen molar-refractivity contribution in [1.82, 2.24) is 4.98 Å². The van der Waals surface area contributed by atoms with E-state index < -0.39 is 6.29 Å². The Morgan fingerprint density at radius 1 is 1.21 bits per heavy atom. The number of rotatable bonds is 5. The van der Waals surface area contributed by atoms with Crippen LogP contribution in [0.3, 0.4) is 0 Å². The number of carbonyl (C=O) groups is 2. The fourth-order valence-electron chi connectivity index (χ4n) is 2.31. The molecule has 2 aromatic rings. The monoisotopic (exact) mass is 347 g/mol. The summed E-state index contributed by atoms with van der Waals surface area (Å²) in [4.78, 5) is 28.3. The molecule has 0 bridgehead atoms. The number of aliphatic hydroxyl groups is 1. The van der Waals surface area contributed by atoms with E-state index in [2.05, 4.69) is 4.98 Å². The number of fused-ring (bicyclic) bond motifs is 1. The molecule has 1 unspecified atom stereocenters.